The van der Waals surface area contributed by atoms with E-state index in [1.807, 2.05) is 43.3 Å². The van der Waals surface area contributed by atoms with E-state index < -0.39 is 21.8 Å². The summed E-state index contributed by atoms with van der Waals surface area (Å²) in [5, 5.41) is 10.2. The van der Waals surface area contributed by atoms with E-state index in [1.165, 1.54) is 0 Å². The molecule has 0 atom stereocenters. The molecule has 1 fully saturated rings. The van der Waals surface area contributed by atoms with Gasteiger partial charge in [0.15, 0.2) is 0 Å². The highest BCUT2D eigenvalue weighted by molar-refractivity contribution is 7.85. The van der Waals surface area contributed by atoms with Crippen LogP contribution < -0.4 is 15.4 Å². The van der Waals surface area contributed by atoms with Crippen molar-refractivity contribution in [1.29, 1.82) is 0 Å². The molecule has 0 saturated heterocycles. The van der Waals surface area contributed by atoms with Crippen molar-refractivity contribution in [3.8, 4) is 22.8 Å². The molecule has 4 aromatic rings. The fourth-order valence-electron chi connectivity index (χ4n) is 5.49. The van der Waals surface area contributed by atoms with Crippen LogP contribution in [0.2, 0.25) is 0 Å². The topological polar surface area (TPSA) is 142 Å². The highest BCUT2D eigenvalue weighted by Gasteiger charge is 2.26. The monoisotopic (exact) mass is 663 g/mol. The first-order valence-electron chi connectivity index (χ1n) is 15.4. The summed E-state index contributed by atoms with van der Waals surface area (Å²) < 4.78 is 49.2. The number of nitrogens with one attached hydrogen (secondary N) is 2. The summed E-state index contributed by atoms with van der Waals surface area (Å²) in [5.41, 5.74) is 4.04. The van der Waals surface area contributed by atoms with Crippen LogP contribution in [0.5, 0.6) is 11.6 Å². The molecule has 1 aliphatic rings. The number of carbonyl (C=O) groups excluding carboxylic acids is 2. The third-order valence-electron chi connectivity index (χ3n) is 8.02. The van der Waals surface area contributed by atoms with Gasteiger partial charge in [0.2, 0.25) is 5.88 Å². The number of hydrogen-bond donors (Lipinski definition) is 2. The number of amides is 2. The maximum absolute atomic E-state index is 14.3. The van der Waals surface area contributed by atoms with Crippen molar-refractivity contribution in [3.63, 3.8) is 0 Å². The van der Waals surface area contributed by atoms with Crippen molar-refractivity contribution >= 4 is 21.9 Å². The second-order valence-corrected chi connectivity index (χ2v) is 13.4. The lowest BCUT2D eigenvalue weighted by Crippen LogP contribution is -2.44. The highest BCUT2D eigenvalue weighted by atomic mass is 32.2. The van der Waals surface area contributed by atoms with E-state index in [0.717, 1.165) is 40.9 Å². The lowest BCUT2D eigenvalue weighted by atomic mass is 9.91. The van der Waals surface area contributed by atoms with Crippen LogP contribution >= 0.6 is 0 Å². The van der Waals surface area contributed by atoms with Crippen LogP contribution in [-0.4, -0.2) is 59.9 Å². The molecule has 2 aromatic carbocycles. The summed E-state index contributed by atoms with van der Waals surface area (Å²) >= 11 is 0. The predicted molar refractivity (Wildman–Crippen MR) is 174 cm³/mol. The zero-order valence-electron chi connectivity index (χ0n) is 26.5. The van der Waals surface area contributed by atoms with Gasteiger partial charge in [0.05, 0.1) is 19.1 Å². The van der Waals surface area contributed by atoms with Gasteiger partial charge < -0.3 is 15.4 Å². The first-order valence-corrected chi connectivity index (χ1v) is 17.2. The maximum Gasteiger partial charge on any atom is 0.272 e. The fourth-order valence-corrected chi connectivity index (χ4v) is 5.91. The van der Waals surface area contributed by atoms with Crippen molar-refractivity contribution in [3.05, 3.63) is 95.2 Å². The van der Waals surface area contributed by atoms with Crippen LogP contribution in [0, 0.1) is 12.7 Å². The van der Waals surface area contributed by atoms with Crippen LogP contribution in [0.3, 0.4) is 0 Å². The number of hydrogen-bond acceptors (Lipinski definition) is 8. The average Bonchev–Trinajstić information content (AvgIpc) is 3.38. The van der Waals surface area contributed by atoms with Crippen LogP contribution in [0.4, 0.5) is 4.39 Å². The number of ether oxygens (including phenoxy) is 1. The lowest BCUT2D eigenvalue weighted by Gasteiger charge is -2.29. The van der Waals surface area contributed by atoms with Gasteiger partial charge in [-0.2, -0.15) is 13.5 Å². The largest absolute Gasteiger partial charge is 0.438 e. The number of aromatic nitrogens is 3. The van der Waals surface area contributed by atoms with Gasteiger partial charge in [0, 0.05) is 24.8 Å². The van der Waals surface area contributed by atoms with Gasteiger partial charge in [-0.1, -0.05) is 36.4 Å². The van der Waals surface area contributed by atoms with Crippen LogP contribution in [0.1, 0.15) is 64.2 Å². The number of carbonyl (C=O) groups is 2. The second kappa shape index (κ2) is 14.9. The van der Waals surface area contributed by atoms with Crippen molar-refractivity contribution in [1.82, 2.24) is 25.4 Å². The Morgan fingerprint density at radius 2 is 1.62 bits per heavy atom. The minimum Gasteiger partial charge on any atom is -0.438 e. The number of aryl methyl sites for hydroxylation is 3. The molecule has 2 amide bonds. The lowest BCUT2D eigenvalue weighted by molar-refractivity contribution is 0.0887. The molecule has 1 saturated carbocycles. The maximum atomic E-state index is 14.3. The van der Waals surface area contributed by atoms with E-state index in [1.54, 1.807) is 29.9 Å². The smallest absolute Gasteiger partial charge is 0.272 e. The minimum absolute atomic E-state index is 0.0188. The zero-order valence-corrected chi connectivity index (χ0v) is 27.3. The van der Waals surface area contributed by atoms with Crippen LogP contribution in [0.15, 0.2) is 66.9 Å². The number of benzene rings is 2. The van der Waals surface area contributed by atoms with E-state index in [4.69, 9.17) is 8.92 Å². The molecule has 2 N–H and O–H groups in total. The third-order valence-corrected chi connectivity index (χ3v) is 8.62. The summed E-state index contributed by atoms with van der Waals surface area (Å²) in [6.45, 7) is 1.99. The Morgan fingerprint density at radius 3 is 2.28 bits per heavy atom. The predicted octanol–water partition coefficient (Wildman–Crippen LogP) is 5.10. The molecule has 2 heterocycles. The zero-order chi connectivity index (χ0) is 33.6. The van der Waals surface area contributed by atoms with Crippen molar-refractivity contribution < 1.29 is 31.3 Å². The first kappa shape index (κ1) is 33.7. The Bertz CT molecular complexity index is 1830. The molecule has 13 heteroatoms. The molecule has 0 unspecified atom stereocenters. The summed E-state index contributed by atoms with van der Waals surface area (Å²) in [5.74, 6) is -0.977. The molecule has 2 aromatic heterocycles. The number of pyridine rings is 1. The molecule has 0 spiro atoms. The van der Waals surface area contributed by atoms with E-state index in [-0.39, 0.29) is 36.0 Å². The van der Waals surface area contributed by atoms with Gasteiger partial charge in [0.25, 0.3) is 21.9 Å². The summed E-state index contributed by atoms with van der Waals surface area (Å²) in [4.78, 5) is 30.0. The van der Waals surface area contributed by atoms with E-state index in [0.29, 0.717) is 50.0 Å². The molecular weight excluding hydrogens is 625 g/mol. The molecule has 0 radical (unpaired) electrons. The quantitative estimate of drug-likeness (QED) is 0.158. The molecule has 5 rings (SSSR count). The summed E-state index contributed by atoms with van der Waals surface area (Å²) in [6, 6.07) is 17.8. The molecule has 248 valence electrons. The molecule has 0 aliphatic heterocycles. The van der Waals surface area contributed by atoms with Gasteiger partial charge >= 0.3 is 0 Å². The SMILES string of the molecule is Cc1cc(C(=O)NC2CCC(NC(=O)c3cc(F)cnc3Oc3cccc(-c4cccc(CCCOS(C)(=O)=O)c4)c3)CC2)nn1C. The van der Waals surface area contributed by atoms with Crippen LogP contribution in [0.25, 0.3) is 11.1 Å². The highest BCUT2D eigenvalue weighted by Crippen LogP contribution is 2.30. The Morgan fingerprint density at radius 1 is 0.957 bits per heavy atom. The first-order chi connectivity index (χ1) is 22.4. The van der Waals surface area contributed by atoms with Gasteiger partial charge in [-0.15, -0.1) is 0 Å². The standard InChI is InChI=1S/C34H38FN5O6S/c1-22-17-31(39-40(22)2)33(42)38-28-14-12-27(13-15-28)37-32(41)30-20-26(35)21-36-34(30)46-29-11-5-10-25(19-29)24-9-4-7-23(18-24)8-6-16-45-47(3,43)44/h4-5,7,9-11,17-21,27-28H,6,8,12-16H2,1-3H3,(H,37,41)(H,38,42). The molecule has 47 heavy (non-hydrogen) atoms. The minimum atomic E-state index is -3.47. The van der Waals surface area contributed by atoms with Crippen molar-refractivity contribution in [2.24, 2.45) is 7.05 Å². The van der Waals surface area contributed by atoms with E-state index in [9.17, 15) is 22.4 Å². The number of halogens is 1. The van der Waals surface area contributed by atoms with E-state index >= 15 is 0 Å². The Balaban J connectivity index is 1.19. The molecule has 11 nitrogen and oxygen atoms in total. The van der Waals surface area contributed by atoms with Gasteiger partial charge in [0.1, 0.15) is 22.8 Å². The van der Waals surface area contributed by atoms with Gasteiger partial charge in [-0.3, -0.25) is 18.5 Å². The third kappa shape index (κ3) is 9.46. The molecule has 1 aliphatic carbocycles. The fraction of sp³-hybridized carbons (Fsp3) is 0.353. The normalized spacial score (nSPS) is 16.4. The molecule has 0 bridgehead atoms. The second-order valence-electron chi connectivity index (χ2n) is 11.8. The average molecular weight is 664 g/mol. The van der Waals surface area contributed by atoms with Crippen LogP contribution in [-0.2, 0) is 27.8 Å². The Kier molecular flexibility index (Phi) is 10.7. The van der Waals surface area contributed by atoms with Gasteiger partial charge in [-0.05, 0) is 86.4 Å². The number of nitrogens with zero attached hydrogens (tertiary/aromatic N) is 3. The Hall–Kier alpha value is -4.62. The number of rotatable bonds is 12. The summed E-state index contributed by atoms with van der Waals surface area (Å²) in [6.07, 6.45) is 5.85. The summed E-state index contributed by atoms with van der Waals surface area (Å²) in [7, 11) is -1.69. The van der Waals surface area contributed by atoms with Crippen molar-refractivity contribution in [2.75, 3.05) is 12.9 Å². The van der Waals surface area contributed by atoms with Gasteiger partial charge in [-0.25, -0.2) is 9.37 Å². The van der Waals surface area contributed by atoms with E-state index in [2.05, 4.69) is 20.7 Å². The Labute approximate surface area is 273 Å². The molecular formula is C34H38FN5O6S. The van der Waals surface area contributed by atoms with Crippen molar-refractivity contribution in [2.45, 2.75) is 57.5 Å².